The maximum absolute atomic E-state index is 13.0. The van der Waals surface area contributed by atoms with Gasteiger partial charge in [-0.05, 0) is 57.2 Å². The minimum atomic E-state index is -0.306. The van der Waals surface area contributed by atoms with E-state index in [2.05, 4.69) is 36.5 Å². The molecule has 1 amide bonds. The molecule has 0 saturated heterocycles. The zero-order valence-electron chi connectivity index (χ0n) is 15.7. The van der Waals surface area contributed by atoms with Gasteiger partial charge < -0.3 is 5.32 Å². The molecule has 1 aromatic carbocycles. The Morgan fingerprint density at radius 3 is 2.61 bits per heavy atom. The second kappa shape index (κ2) is 7.20. The molecule has 0 saturated carbocycles. The van der Waals surface area contributed by atoms with Gasteiger partial charge in [-0.15, -0.1) is 10.2 Å². The van der Waals surface area contributed by atoms with Crippen molar-refractivity contribution in [2.24, 2.45) is 0 Å². The number of hydrogen-bond donors (Lipinski definition) is 1. The van der Waals surface area contributed by atoms with E-state index in [4.69, 9.17) is 0 Å². The van der Waals surface area contributed by atoms with Gasteiger partial charge in [0.05, 0.1) is 28.7 Å². The van der Waals surface area contributed by atoms with Gasteiger partial charge in [0.15, 0.2) is 11.5 Å². The summed E-state index contributed by atoms with van der Waals surface area (Å²) >= 11 is 3.44. The number of nitrogens with zero attached hydrogens (tertiary/aromatic N) is 5. The fourth-order valence-corrected chi connectivity index (χ4v) is 3.56. The lowest BCUT2D eigenvalue weighted by atomic mass is 10.1. The Morgan fingerprint density at radius 1 is 1.11 bits per heavy atom. The van der Waals surface area contributed by atoms with Crippen LogP contribution in [0.25, 0.3) is 11.3 Å². The van der Waals surface area contributed by atoms with Gasteiger partial charge in [-0.1, -0.05) is 22.0 Å². The van der Waals surface area contributed by atoms with Crippen LogP contribution in [0.2, 0.25) is 0 Å². The number of carbonyl (C=O) groups is 1. The predicted octanol–water partition coefficient (Wildman–Crippen LogP) is 3.79. The van der Waals surface area contributed by atoms with Crippen molar-refractivity contribution in [2.75, 3.05) is 0 Å². The predicted molar refractivity (Wildman–Crippen MR) is 110 cm³/mol. The molecule has 4 rings (SSSR count). The van der Waals surface area contributed by atoms with E-state index in [1.165, 1.54) is 0 Å². The highest BCUT2D eigenvalue weighted by Gasteiger charge is 2.23. The molecule has 0 aliphatic heterocycles. The maximum Gasteiger partial charge on any atom is 0.255 e. The highest BCUT2D eigenvalue weighted by Crippen LogP contribution is 2.21. The van der Waals surface area contributed by atoms with Crippen molar-refractivity contribution < 1.29 is 4.79 Å². The van der Waals surface area contributed by atoms with Crippen LogP contribution in [0, 0.1) is 13.8 Å². The Balaban J connectivity index is 1.62. The summed E-state index contributed by atoms with van der Waals surface area (Å²) in [4.78, 5) is 13.0. The molecule has 8 heteroatoms. The standard InChI is InChI=1S/C20H19BrN6O/c1-12-18(14(3)27(25-12)16-9-7-15(21)8-10-16)20(28)22-13(2)19-24-23-17-6-4-5-11-26(17)19/h4-11,13H,1-3H3,(H,22,28). The van der Waals surface area contributed by atoms with Gasteiger partial charge in [-0.3, -0.25) is 9.20 Å². The summed E-state index contributed by atoms with van der Waals surface area (Å²) in [6.45, 7) is 5.63. The second-order valence-corrected chi connectivity index (χ2v) is 7.53. The third kappa shape index (κ3) is 3.20. The highest BCUT2D eigenvalue weighted by atomic mass is 79.9. The second-order valence-electron chi connectivity index (χ2n) is 6.62. The Morgan fingerprint density at radius 2 is 1.86 bits per heavy atom. The van der Waals surface area contributed by atoms with Gasteiger partial charge in [0.25, 0.3) is 5.91 Å². The summed E-state index contributed by atoms with van der Waals surface area (Å²) in [7, 11) is 0. The van der Waals surface area contributed by atoms with E-state index in [0.717, 1.165) is 21.5 Å². The summed E-state index contributed by atoms with van der Waals surface area (Å²) in [5, 5.41) is 15.9. The van der Waals surface area contributed by atoms with E-state index < -0.39 is 0 Å². The van der Waals surface area contributed by atoms with Crippen LogP contribution in [0.15, 0.2) is 53.1 Å². The molecule has 28 heavy (non-hydrogen) atoms. The zero-order valence-corrected chi connectivity index (χ0v) is 17.3. The molecule has 0 spiro atoms. The third-order valence-electron chi connectivity index (χ3n) is 4.66. The highest BCUT2D eigenvalue weighted by molar-refractivity contribution is 9.10. The first kappa shape index (κ1) is 18.4. The average molecular weight is 439 g/mol. The van der Waals surface area contributed by atoms with E-state index in [0.29, 0.717) is 17.1 Å². The molecule has 1 N–H and O–H groups in total. The summed E-state index contributed by atoms with van der Waals surface area (Å²) in [5.41, 5.74) is 3.68. The third-order valence-corrected chi connectivity index (χ3v) is 5.19. The van der Waals surface area contributed by atoms with Crippen LogP contribution in [-0.2, 0) is 0 Å². The van der Waals surface area contributed by atoms with Gasteiger partial charge in [0.1, 0.15) is 0 Å². The first-order valence-electron chi connectivity index (χ1n) is 8.88. The van der Waals surface area contributed by atoms with E-state index in [1.54, 1.807) is 4.68 Å². The normalized spacial score (nSPS) is 12.3. The van der Waals surface area contributed by atoms with Crippen molar-refractivity contribution in [3.8, 4) is 5.69 Å². The summed E-state index contributed by atoms with van der Waals surface area (Å²) < 4.78 is 4.65. The molecule has 0 fully saturated rings. The van der Waals surface area contributed by atoms with Crippen LogP contribution in [0.3, 0.4) is 0 Å². The van der Waals surface area contributed by atoms with Gasteiger partial charge in [0, 0.05) is 10.7 Å². The van der Waals surface area contributed by atoms with Gasteiger partial charge >= 0.3 is 0 Å². The lowest BCUT2D eigenvalue weighted by molar-refractivity contribution is 0.0937. The van der Waals surface area contributed by atoms with E-state index >= 15 is 0 Å². The number of benzene rings is 1. The lowest BCUT2D eigenvalue weighted by Gasteiger charge is -2.13. The van der Waals surface area contributed by atoms with Crippen molar-refractivity contribution in [1.29, 1.82) is 0 Å². The van der Waals surface area contributed by atoms with Gasteiger partial charge in [-0.2, -0.15) is 5.10 Å². The molecule has 142 valence electrons. The lowest BCUT2D eigenvalue weighted by Crippen LogP contribution is -2.28. The number of nitrogens with one attached hydrogen (secondary N) is 1. The molecule has 1 atom stereocenters. The number of rotatable bonds is 4. The Bertz CT molecular complexity index is 1160. The number of aromatic nitrogens is 5. The molecule has 0 aliphatic rings. The SMILES string of the molecule is Cc1nn(-c2ccc(Br)cc2)c(C)c1C(=O)NC(C)c1nnc2ccccn12. The van der Waals surface area contributed by atoms with Crippen LogP contribution in [-0.4, -0.2) is 30.3 Å². The smallest absolute Gasteiger partial charge is 0.255 e. The number of aryl methyl sites for hydroxylation is 1. The summed E-state index contributed by atoms with van der Waals surface area (Å²) in [6, 6.07) is 13.2. The van der Waals surface area contributed by atoms with E-state index in [1.807, 2.05) is 73.8 Å². The van der Waals surface area contributed by atoms with Gasteiger partial charge in [-0.25, -0.2) is 4.68 Å². The first-order chi connectivity index (χ1) is 13.5. The summed E-state index contributed by atoms with van der Waals surface area (Å²) in [6.07, 6.45) is 1.88. The van der Waals surface area contributed by atoms with Crippen LogP contribution in [0.1, 0.15) is 40.5 Å². The zero-order chi connectivity index (χ0) is 19.8. The molecule has 1 unspecified atom stereocenters. The van der Waals surface area contributed by atoms with Crippen LogP contribution >= 0.6 is 15.9 Å². The minimum absolute atomic E-state index is 0.182. The van der Waals surface area contributed by atoms with Gasteiger partial charge in [0.2, 0.25) is 0 Å². The van der Waals surface area contributed by atoms with Crippen LogP contribution < -0.4 is 5.32 Å². The van der Waals surface area contributed by atoms with Crippen molar-refractivity contribution >= 4 is 27.5 Å². The molecule has 7 nitrogen and oxygen atoms in total. The molecule has 0 aliphatic carbocycles. The molecular formula is C20H19BrN6O. The molecule has 0 bridgehead atoms. The number of carbonyl (C=O) groups excluding carboxylic acids is 1. The van der Waals surface area contributed by atoms with E-state index in [-0.39, 0.29) is 11.9 Å². The largest absolute Gasteiger partial charge is 0.342 e. The number of amides is 1. The average Bonchev–Trinajstić information content (AvgIpc) is 3.23. The fraction of sp³-hybridized carbons (Fsp3) is 0.200. The van der Waals surface area contributed by atoms with Crippen molar-refractivity contribution in [3.63, 3.8) is 0 Å². The molecule has 3 heterocycles. The number of halogens is 1. The van der Waals surface area contributed by atoms with Crippen molar-refractivity contribution in [1.82, 2.24) is 29.7 Å². The first-order valence-corrected chi connectivity index (χ1v) is 9.67. The number of pyridine rings is 1. The Labute approximate surface area is 170 Å². The fourth-order valence-electron chi connectivity index (χ4n) is 3.29. The number of hydrogen-bond acceptors (Lipinski definition) is 4. The monoisotopic (exact) mass is 438 g/mol. The molecular weight excluding hydrogens is 420 g/mol. The Hall–Kier alpha value is -3.00. The van der Waals surface area contributed by atoms with Crippen LogP contribution in [0.5, 0.6) is 0 Å². The minimum Gasteiger partial charge on any atom is -0.342 e. The topological polar surface area (TPSA) is 77.1 Å². The Kier molecular flexibility index (Phi) is 4.72. The quantitative estimate of drug-likeness (QED) is 0.525. The number of fused-ring (bicyclic) bond motifs is 1. The van der Waals surface area contributed by atoms with Crippen LogP contribution in [0.4, 0.5) is 0 Å². The van der Waals surface area contributed by atoms with Crippen molar-refractivity contribution in [2.45, 2.75) is 26.8 Å². The summed E-state index contributed by atoms with van der Waals surface area (Å²) in [5.74, 6) is 0.498. The molecule has 3 aromatic heterocycles. The van der Waals surface area contributed by atoms with E-state index in [9.17, 15) is 4.79 Å². The molecule has 0 radical (unpaired) electrons. The van der Waals surface area contributed by atoms with Crippen molar-refractivity contribution in [3.05, 3.63) is 75.9 Å². The molecule has 4 aromatic rings. The maximum atomic E-state index is 13.0.